The maximum absolute atomic E-state index is 5.42. The Morgan fingerprint density at radius 2 is 1.87 bits per heavy atom. The van der Waals surface area contributed by atoms with Gasteiger partial charge in [0.05, 0.1) is 0 Å². The Kier molecular flexibility index (Phi) is 5.96. The van der Waals surface area contributed by atoms with Crippen LogP contribution in [0.2, 0.25) is 0 Å². The van der Waals surface area contributed by atoms with Crippen molar-refractivity contribution in [2.45, 2.75) is 45.1 Å². The molecule has 0 amide bonds. The normalized spacial score (nSPS) is 27.7. The molecule has 88 valence electrons. The fourth-order valence-corrected chi connectivity index (χ4v) is 2.48. The van der Waals surface area contributed by atoms with E-state index in [0.29, 0.717) is 6.54 Å². The second-order valence-electron chi connectivity index (χ2n) is 4.73. The molecular formula is C13H26N2. The summed E-state index contributed by atoms with van der Waals surface area (Å²) in [6, 6.07) is 0.801. The van der Waals surface area contributed by atoms with Gasteiger partial charge in [-0.05, 0) is 38.6 Å². The number of likely N-dealkylation sites (N-methyl/N-ethyl adjacent to an activating group) is 1. The molecule has 2 N–H and O–H groups in total. The van der Waals surface area contributed by atoms with E-state index in [-0.39, 0.29) is 0 Å². The monoisotopic (exact) mass is 210 g/mol. The summed E-state index contributed by atoms with van der Waals surface area (Å²) in [7, 11) is 2.23. The number of rotatable bonds is 5. The first-order valence-corrected chi connectivity index (χ1v) is 6.33. The van der Waals surface area contributed by atoms with E-state index in [1.807, 2.05) is 6.08 Å². The van der Waals surface area contributed by atoms with E-state index in [4.69, 9.17) is 5.73 Å². The second-order valence-corrected chi connectivity index (χ2v) is 4.73. The summed E-state index contributed by atoms with van der Waals surface area (Å²) in [6.45, 7) is 4.04. The molecule has 1 aliphatic rings. The lowest BCUT2D eigenvalue weighted by molar-refractivity contribution is 0.176. The highest BCUT2D eigenvalue weighted by molar-refractivity contribution is 4.87. The van der Waals surface area contributed by atoms with Crippen LogP contribution in [0.15, 0.2) is 12.2 Å². The molecule has 1 fully saturated rings. The minimum atomic E-state index is 0.663. The van der Waals surface area contributed by atoms with Crippen LogP contribution >= 0.6 is 0 Å². The summed E-state index contributed by atoms with van der Waals surface area (Å²) < 4.78 is 0. The first-order chi connectivity index (χ1) is 7.27. The fraction of sp³-hybridized carbons (Fsp3) is 0.846. The summed E-state index contributed by atoms with van der Waals surface area (Å²) in [5.41, 5.74) is 5.42. The van der Waals surface area contributed by atoms with Crippen LogP contribution in [-0.2, 0) is 0 Å². The molecule has 0 aromatic carbocycles. The first kappa shape index (κ1) is 12.7. The lowest BCUT2D eigenvalue weighted by Crippen LogP contribution is -2.35. The van der Waals surface area contributed by atoms with Crippen LogP contribution in [0.5, 0.6) is 0 Å². The molecule has 1 aliphatic carbocycles. The smallest absolute Gasteiger partial charge is 0.0163 e. The van der Waals surface area contributed by atoms with Gasteiger partial charge in [0.1, 0.15) is 0 Å². The molecule has 0 heterocycles. The molecule has 0 atom stereocenters. The van der Waals surface area contributed by atoms with Gasteiger partial charge in [0.2, 0.25) is 0 Å². The Hall–Kier alpha value is -0.340. The minimum Gasteiger partial charge on any atom is -0.327 e. The molecule has 1 rings (SSSR count). The molecule has 15 heavy (non-hydrogen) atoms. The van der Waals surface area contributed by atoms with Gasteiger partial charge in [-0.3, -0.25) is 4.90 Å². The van der Waals surface area contributed by atoms with Crippen molar-refractivity contribution >= 4 is 0 Å². The van der Waals surface area contributed by atoms with E-state index in [0.717, 1.165) is 18.5 Å². The molecule has 0 aliphatic heterocycles. The van der Waals surface area contributed by atoms with E-state index >= 15 is 0 Å². The fourth-order valence-electron chi connectivity index (χ4n) is 2.48. The van der Waals surface area contributed by atoms with Gasteiger partial charge in [0.25, 0.3) is 0 Å². The van der Waals surface area contributed by atoms with Crippen LogP contribution in [0.25, 0.3) is 0 Å². The van der Waals surface area contributed by atoms with Gasteiger partial charge < -0.3 is 5.73 Å². The lowest BCUT2D eigenvalue weighted by atomic mass is 9.84. The SMILES string of the molecule is CCC1CCC(N(C)CC=CCN)CC1. The minimum absolute atomic E-state index is 0.663. The Bertz CT molecular complexity index is 181. The summed E-state index contributed by atoms with van der Waals surface area (Å²) >= 11 is 0. The molecule has 0 unspecified atom stereocenters. The summed E-state index contributed by atoms with van der Waals surface area (Å²) in [5, 5.41) is 0. The first-order valence-electron chi connectivity index (χ1n) is 6.33. The summed E-state index contributed by atoms with van der Waals surface area (Å²) in [6.07, 6.45) is 11.2. The van der Waals surface area contributed by atoms with Crippen LogP contribution in [-0.4, -0.2) is 31.1 Å². The molecule has 0 saturated heterocycles. The predicted molar refractivity (Wildman–Crippen MR) is 66.9 cm³/mol. The van der Waals surface area contributed by atoms with Gasteiger partial charge >= 0.3 is 0 Å². The molecule has 1 saturated carbocycles. The van der Waals surface area contributed by atoms with Crippen LogP contribution < -0.4 is 5.73 Å². The molecule has 2 heteroatoms. The third-order valence-electron chi connectivity index (χ3n) is 3.71. The van der Waals surface area contributed by atoms with Gasteiger partial charge in [0, 0.05) is 19.1 Å². The average Bonchev–Trinajstić information content (AvgIpc) is 2.29. The van der Waals surface area contributed by atoms with Gasteiger partial charge in [-0.25, -0.2) is 0 Å². The molecule has 0 aromatic heterocycles. The zero-order valence-electron chi connectivity index (χ0n) is 10.3. The van der Waals surface area contributed by atoms with Gasteiger partial charge in [-0.15, -0.1) is 0 Å². The highest BCUT2D eigenvalue weighted by Crippen LogP contribution is 2.28. The number of hydrogen-bond donors (Lipinski definition) is 1. The van der Waals surface area contributed by atoms with Crippen LogP contribution in [0.3, 0.4) is 0 Å². The number of hydrogen-bond acceptors (Lipinski definition) is 2. The van der Waals surface area contributed by atoms with Crippen molar-refractivity contribution in [2.24, 2.45) is 11.7 Å². The standard InChI is InChI=1S/C13H26N2/c1-3-12-6-8-13(9-7-12)15(2)11-5-4-10-14/h4-5,12-13H,3,6-11,14H2,1-2H3. The van der Waals surface area contributed by atoms with Gasteiger partial charge in [0.15, 0.2) is 0 Å². The zero-order chi connectivity index (χ0) is 11.1. The molecule has 0 spiro atoms. The van der Waals surface area contributed by atoms with Crippen molar-refractivity contribution in [3.8, 4) is 0 Å². The average molecular weight is 210 g/mol. The maximum Gasteiger partial charge on any atom is 0.0163 e. The topological polar surface area (TPSA) is 29.3 Å². The Balaban J connectivity index is 2.23. The molecular weight excluding hydrogens is 184 g/mol. The number of nitrogens with zero attached hydrogens (tertiary/aromatic N) is 1. The molecule has 2 nitrogen and oxygen atoms in total. The van der Waals surface area contributed by atoms with Crippen molar-refractivity contribution in [1.29, 1.82) is 0 Å². The van der Waals surface area contributed by atoms with E-state index in [2.05, 4.69) is 24.9 Å². The summed E-state index contributed by atoms with van der Waals surface area (Å²) in [4.78, 5) is 2.47. The van der Waals surface area contributed by atoms with Crippen LogP contribution in [0.4, 0.5) is 0 Å². The zero-order valence-corrected chi connectivity index (χ0v) is 10.3. The van der Waals surface area contributed by atoms with Crippen LogP contribution in [0.1, 0.15) is 39.0 Å². The Morgan fingerprint density at radius 1 is 1.20 bits per heavy atom. The quantitative estimate of drug-likeness (QED) is 0.706. The third-order valence-corrected chi connectivity index (χ3v) is 3.71. The van der Waals surface area contributed by atoms with Crippen molar-refractivity contribution in [1.82, 2.24) is 4.90 Å². The van der Waals surface area contributed by atoms with Crippen molar-refractivity contribution < 1.29 is 0 Å². The maximum atomic E-state index is 5.42. The molecule has 0 radical (unpaired) electrons. The van der Waals surface area contributed by atoms with E-state index in [1.54, 1.807) is 0 Å². The van der Waals surface area contributed by atoms with Crippen molar-refractivity contribution in [2.75, 3.05) is 20.1 Å². The predicted octanol–water partition coefficient (Wildman–Crippen LogP) is 2.40. The Labute approximate surface area is 94.5 Å². The molecule has 0 aromatic rings. The highest BCUT2D eigenvalue weighted by Gasteiger charge is 2.22. The van der Waals surface area contributed by atoms with E-state index in [1.165, 1.54) is 32.1 Å². The molecule has 0 bridgehead atoms. The summed E-state index contributed by atoms with van der Waals surface area (Å²) in [5.74, 6) is 0.995. The van der Waals surface area contributed by atoms with Gasteiger partial charge in [-0.1, -0.05) is 25.5 Å². The second kappa shape index (κ2) is 7.02. The largest absolute Gasteiger partial charge is 0.327 e. The Morgan fingerprint density at radius 3 is 2.40 bits per heavy atom. The lowest BCUT2D eigenvalue weighted by Gasteiger charge is -2.33. The van der Waals surface area contributed by atoms with Gasteiger partial charge in [-0.2, -0.15) is 0 Å². The van der Waals surface area contributed by atoms with Crippen LogP contribution in [0, 0.1) is 5.92 Å². The third kappa shape index (κ3) is 4.35. The number of nitrogens with two attached hydrogens (primary N) is 1. The van der Waals surface area contributed by atoms with E-state index in [9.17, 15) is 0 Å². The van der Waals surface area contributed by atoms with Crippen molar-refractivity contribution in [3.05, 3.63) is 12.2 Å². The highest BCUT2D eigenvalue weighted by atomic mass is 15.1. The van der Waals surface area contributed by atoms with E-state index < -0.39 is 0 Å². The van der Waals surface area contributed by atoms with Crippen molar-refractivity contribution in [3.63, 3.8) is 0 Å².